The normalized spacial score (nSPS) is 24.5. The lowest BCUT2D eigenvalue weighted by Crippen LogP contribution is -2.39. The first-order valence-electron chi connectivity index (χ1n) is 7.31. The van der Waals surface area contributed by atoms with Crippen molar-refractivity contribution in [1.29, 1.82) is 0 Å². The monoisotopic (exact) mass is 249 g/mol. The lowest BCUT2D eigenvalue weighted by atomic mass is 10.0. The number of nitrogens with zero attached hydrogens (tertiary/aromatic N) is 2. The van der Waals surface area contributed by atoms with Gasteiger partial charge < -0.3 is 14.6 Å². The SMILES string of the molecule is CCC1CCCCN1c1nc(CNC2CC2)co1. The summed E-state index contributed by atoms with van der Waals surface area (Å²) in [6.07, 6.45) is 9.49. The van der Waals surface area contributed by atoms with Crippen LogP contribution < -0.4 is 10.2 Å². The molecule has 0 bridgehead atoms. The predicted molar refractivity (Wildman–Crippen MR) is 71.6 cm³/mol. The standard InChI is InChI=1S/C14H23N3O/c1-2-13-5-3-4-8-17(13)14-16-12(10-18-14)9-15-11-6-7-11/h10-11,13,15H,2-9H2,1H3. The molecule has 1 aliphatic heterocycles. The summed E-state index contributed by atoms with van der Waals surface area (Å²) in [5.74, 6) is 0. The number of nitrogens with one attached hydrogen (secondary N) is 1. The fourth-order valence-electron chi connectivity index (χ4n) is 2.72. The molecule has 3 rings (SSSR count). The van der Waals surface area contributed by atoms with Gasteiger partial charge in [-0.25, -0.2) is 0 Å². The molecule has 1 unspecified atom stereocenters. The van der Waals surface area contributed by atoms with E-state index in [1.54, 1.807) is 0 Å². The second-order valence-electron chi connectivity index (χ2n) is 5.53. The third-order valence-electron chi connectivity index (χ3n) is 4.03. The van der Waals surface area contributed by atoms with Crippen molar-refractivity contribution in [1.82, 2.24) is 10.3 Å². The summed E-state index contributed by atoms with van der Waals surface area (Å²) in [7, 11) is 0. The fraction of sp³-hybridized carbons (Fsp3) is 0.786. The zero-order chi connectivity index (χ0) is 12.4. The molecule has 1 atom stereocenters. The van der Waals surface area contributed by atoms with E-state index in [2.05, 4.69) is 22.1 Å². The van der Waals surface area contributed by atoms with E-state index >= 15 is 0 Å². The molecule has 1 N–H and O–H groups in total. The Balaban J connectivity index is 1.62. The van der Waals surface area contributed by atoms with Crippen molar-refractivity contribution in [3.63, 3.8) is 0 Å². The summed E-state index contributed by atoms with van der Waals surface area (Å²) >= 11 is 0. The van der Waals surface area contributed by atoms with E-state index in [4.69, 9.17) is 4.42 Å². The minimum Gasteiger partial charge on any atom is -0.432 e. The molecular weight excluding hydrogens is 226 g/mol. The minimum absolute atomic E-state index is 0.613. The van der Waals surface area contributed by atoms with E-state index in [0.717, 1.165) is 30.8 Å². The minimum atomic E-state index is 0.613. The molecular formula is C14H23N3O. The van der Waals surface area contributed by atoms with Crippen LogP contribution in [0, 0.1) is 0 Å². The Bertz CT molecular complexity index is 386. The van der Waals surface area contributed by atoms with Crippen molar-refractivity contribution in [2.75, 3.05) is 11.4 Å². The van der Waals surface area contributed by atoms with Crippen molar-refractivity contribution in [2.45, 2.75) is 64.1 Å². The van der Waals surface area contributed by atoms with Gasteiger partial charge in [-0.15, -0.1) is 0 Å². The highest BCUT2D eigenvalue weighted by Gasteiger charge is 2.25. The zero-order valence-corrected chi connectivity index (χ0v) is 11.2. The lowest BCUT2D eigenvalue weighted by molar-refractivity contribution is 0.410. The van der Waals surface area contributed by atoms with Crippen LogP contribution in [0.15, 0.2) is 10.7 Å². The molecule has 4 nitrogen and oxygen atoms in total. The topological polar surface area (TPSA) is 41.3 Å². The van der Waals surface area contributed by atoms with E-state index in [1.165, 1.54) is 38.5 Å². The van der Waals surface area contributed by atoms with Crippen LogP contribution in [0.2, 0.25) is 0 Å². The third kappa shape index (κ3) is 2.69. The van der Waals surface area contributed by atoms with E-state index < -0.39 is 0 Å². The zero-order valence-electron chi connectivity index (χ0n) is 11.2. The van der Waals surface area contributed by atoms with Gasteiger partial charge in [0.25, 0.3) is 6.01 Å². The number of piperidine rings is 1. The highest BCUT2D eigenvalue weighted by Crippen LogP contribution is 2.26. The van der Waals surface area contributed by atoms with E-state index in [1.807, 2.05) is 6.26 Å². The van der Waals surface area contributed by atoms with Crippen molar-refractivity contribution in [2.24, 2.45) is 0 Å². The molecule has 2 heterocycles. The van der Waals surface area contributed by atoms with Gasteiger partial charge in [-0.3, -0.25) is 0 Å². The maximum Gasteiger partial charge on any atom is 0.297 e. The Morgan fingerprint density at radius 2 is 2.28 bits per heavy atom. The Morgan fingerprint density at radius 1 is 1.39 bits per heavy atom. The number of hydrogen-bond donors (Lipinski definition) is 1. The van der Waals surface area contributed by atoms with Crippen molar-refractivity contribution < 1.29 is 4.42 Å². The van der Waals surface area contributed by atoms with Gasteiger partial charge in [0.15, 0.2) is 0 Å². The first-order chi connectivity index (χ1) is 8.86. The molecule has 1 aliphatic carbocycles. The molecule has 0 aromatic carbocycles. The van der Waals surface area contributed by atoms with Crippen molar-refractivity contribution in [3.05, 3.63) is 12.0 Å². The van der Waals surface area contributed by atoms with Crippen LogP contribution >= 0.6 is 0 Å². The number of rotatable bonds is 5. The van der Waals surface area contributed by atoms with Crippen LogP contribution in [-0.4, -0.2) is 23.6 Å². The summed E-state index contributed by atoms with van der Waals surface area (Å²) in [6, 6.07) is 2.17. The third-order valence-corrected chi connectivity index (χ3v) is 4.03. The quantitative estimate of drug-likeness (QED) is 0.871. The maximum atomic E-state index is 5.66. The first-order valence-corrected chi connectivity index (χ1v) is 7.31. The van der Waals surface area contributed by atoms with Gasteiger partial charge in [0, 0.05) is 25.2 Å². The highest BCUT2D eigenvalue weighted by atomic mass is 16.4. The maximum absolute atomic E-state index is 5.66. The van der Waals surface area contributed by atoms with Crippen LogP contribution in [0.4, 0.5) is 6.01 Å². The van der Waals surface area contributed by atoms with Crippen LogP contribution in [0.25, 0.3) is 0 Å². The second kappa shape index (κ2) is 5.31. The van der Waals surface area contributed by atoms with Crippen LogP contribution in [-0.2, 0) is 6.54 Å². The Morgan fingerprint density at radius 3 is 3.06 bits per heavy atom. The average molecular weight is 249 g/mol. The van der Waals surface area contributed by atoms with Crippen LogP contribution in [0.5, 0.6) is 0 Å². The summed E-state index contributed by atoms with van der Waals surface area (Å²) in [6.45, 7) is 4.19. The number of aromatic nitrogens is 1. The molecule has 18 heavy (non-hydrogen) atoms. The van der Waals surface area contributed by atoms with Crippen LogP contribution in [0.3, 0.4) is 0 Å². The number of hydrogen-bond acceptors (Lipinski definition) is 4. The molecule has 4 heteroatoms. The van der Waals surface area contributed by atoms with Crippen LogP contribution in [0.1, 0.15) is 51.1 Å². The molecule has 0 spiro atoms. The molecule has 2 aliphatic rings. The molecule has 1 aromatic rings. The lowest BCUT2D eigenvalue weighted by Gasteiger charge is -2.33. The van der Waals surface area contributed by atoms with Crippen molar-refractivity contribution in [3.8, 4) is 0 Å². The Labute approximate surface area is 109 Å². The second-order valence-corrected chi connectivity index (χ2v) is 5.53. The molecule has 0 amide bonds. The van der Waals surface area contributed by atoms with E-state index in [-0.39, 0.29) is 0 Å². The van der Waals surface area contributed by atoms with Gasteiger partial charge in [0.2, 0.25) is 0 Å². The van der Waals surface area contributed by atoms with Gasteiger partial charge in [-0.1, -0.05) is 6.92 Å². The number of oxazole rings is 1. The largest absolute Gasteiger partial charge is 0.432 e. The number of anilines is 1. The Kier molecular flexibility index (Phi) is 3.55. The molecule has 1 saturated carbocycles. The van der Waals surface area contributed by atoms with Gasteiger partial charge in [0.1, 0.15) is 6.26 Å². The summed E-state index contributed by atoms with van der Waals surface area (Å²) < 4.78 is 5.66. The highest BCUT2D eigenvalue weighted by molar-refractivity contribution is 5.29. The predicted octanol–water partition coefficient (Wildman–Crippen LogP) is 2.70. The van der Waals surface area contributed by atoms with Gasteiger partial charge in [0.05, 0.1) is 5.69 Å². The van der Waals surface area contributed by atoms with E-state index in [0.29, 0.717) is 6.04 Å². The molecule has 1 aromatic heterocycles. The van der Waals surface area contributed by atoms with Gasteiger partial charge >= 0.3 is 0 Å². The van der Waals surface area contributed by atoms with Crippen molar-refractivity contribution >= 4 is 6.01 Å². The summed E-state index contributed by atoms with van der Waals surface area (Å²) in [4.78, 5) is 6.98. The molecule has 2 fully saturated rings. The summed E-state index contributed by atoms with van der Waals surface area (Å²) in [5.41, 5.74) is 1.04. The smallest absolute Gasteiger partial charge is 0.297 e. The van der Waals surface area contributed by atoms with E-state index in [9.17, 15) is 0 Å². The first kappa shape index (κ1) is 12.0. The summed E-state index contributed by atoms with van der Waals surface area (Å²) in [5, 5.41) is 3.47. The average Bonchev–Trinajstić information content (AvgIpc) is 3.13. The Hall–Kier alpha value is -1.03. The molecule has 0 radical (unpaired) electrons. The fourth-order valence-corrected chi connectivity index (χ4v) is 2.72. The molecule has 100 valence electrons. The van der Waals surface area contributed by atoms with Gasteiger partial charge in [-0.05, 0) is 38.5 Å². The van der Waals surface area contributed by atoms with Gasteiger partial charge in [-0.2, -0.15) is 4.98 Å². The molecule has 1 saturated heterocycles.